The lowest BCUT2D eigenvalue weighted by Crippen LogP contribution is -2.49. The van der Waals surface area contributed by atoms with E-state index in [9.17, 15) is 9.59 Å². The van der Waals surface area contributed by atoms with Crippen LogP contribution in [0.15, 0.2) is 42.5 Å². The molecular weight excluding hydrogens is 463 g/mol. The molecule has 0 aliphatic heterocycles. The predicted molar refractivity (Wildman–Crippen MR) is 127 cm³/mol. The lowest BCUT2D eigenvalue weighted by atomic mass is 10.1. The summed E-state index contributed by atoms with van der Waals surface area (Å²) in [5.74, 6) is 0.435. The highest BCUT2D eigenvalue weighted by Gasteiger charge is 2.27. The maximum absolute atomic E-state index is 13.0. The van der Waals surface area contributed by atoms with Crippen LogP contribution in [0.4, 0.5) is 0 Å². The Labute approximate surface area is 197 Å². The minimum absolute atomic E-state index is 0.0152. The van der Waals surface area contributed by atoms with Gasteiger partial charge < -0.3 is 10.2 Å². The molecule has 0 spiro atoms. The van der Waals surface area contributed by atoms with E-state index in [-0.39, 0.29) is 30.2 Å². The largest absolute Gasteiger partial charge is 0.352 e. The van der Waals surface area contributed by atoms with Gasteiger partial charge in [0.1, 0.15) is 6.04 Å². The van der Waals surface area contributed by atoms with Crippen LogP contribution in [0.2, 0.25) is 15.1 Å². The van der Waals surface area contributed by atoms with Gasteiger partial charge in [-0.25, -0.2) is 0 Å². The molecule has 2 aromatic rings. The number of benzene rings is 2. The highest BCUT2D eigenvalue weighted by molar-refractivity contribution is 7.99. The fourth-order valence-corrected chi connectivity index (χ4v) is 4.43. The summed E-state index contributed by atoms with van der Waals surface area (Å²) in [6.45, 7) is 5.76. The summed E-state index contributed by atoms with van der Waals surface area (Å²) in [4.78, 5) is 27.2. The first-order valence-corrected chi connectivity index (χ1v) is 11.8. The molecule has 2 rings (SSSR count). The Kier molecular flexibility index (Phi) is 9.82. The molecular formula is C22H25Cl3N2O2S. The highest BCUT2D eigenvalue weighted by atomic mass is 35.5. The van der Waals surface area contributed by atoms with Gasteiger partial charge in [-0.1, -0.05) is 59.1 Å². The normalized spacial score (nSPS) is 12.0. The van der Waals surface area contributed by atoms with Gasteiger partial charge in [0.05, 0.1) is 5.75 Å². The van der Waals surface area contributed by atoms with Crippen LogP contribution in [0, 0.1) is 0 Å². The third-order valence-corrected chi connectivity index (χ3v) is 6.32. The van der Waals surface area contributed by atoms with Crippen molar-refractivity contribution in [1.29, 1.82) is 0 Å². The van der Waals surface area contributed by atoms with Gasteiger partial charge in [-0.05, 0) is 50.1 Å². The molecule has 0 aliphatic rings. The molecule has 0 fully saturated rings. The van der Waals surface area contributed by atoms with Crippen LogP contribution >= 0.6 is 46.6 Å². The molecule has 0 aliphatic carbocycles. The molecule has 0 heterocycles. The molecule has 0 unspecified atom stereocenters. The van der Waals surface area contributed by atoms with Crippen LogP contribution in [0.25, 0.3) is 0 Å². The molecule has 0 radical (unpaired) electrons. The fourth-order valence-electron chi connectivity index (χ4n) is 2.77. The van der Waals surface area contributed by atoms with Crippen molar-refractivity contribution in [2.45, 2.75) is 45.2 Å². The summed E-state index contributed by atoms with van der Waals surface area (Å²) >= 11 is 19.9. The lowest BCUT2D eigenvalue weighted by molar-refractivity contribution is -0.138. The van der Waals surface area contributed by atoms with Crippen molar-refractivity contribution >= 4 is 58.4 Å². The molecule has 2 aromatic carbocycles. The third kappa shape index (κ3) is 7.38. The van der Waals surface area contributed by atoms with E-state index >= 15 is 0 Å². The number of carbonyl (C=O) groups excluding carboxylic acids is 2. The zero-order valence-electron chi connectivity index (χ0n) is 17.1. The standard InChI is InChI=1S/C22H25Cl3N2O2S/c1-14(2)26-22(29)15(3)27(11-16-6-4-5-7-19(16)24)21(28)13-30-12-17-8-9-18(23)10-20(17)25/h4-10,14-15H,11-13H2,1-3H3,(H,26,29)/t15-/m1/s1. The second-order valence-corrected chi connectivity index (χ2v) is 9.42. The van der Waals surface area contributed by atoms with Gasteiger partial charge in [-0.15, -0.1) is 11.8 Å². The number of nitrogens with zero attached hydrogens (tertiary/aromatic N) is 1. The summed E-state index contributed by atoms with van der Waals surface area (Å²) in [5, 5.41) is 4.57. The van der Waals surface area contributed by atoms with Crippen molar-refractivity contribution in [2.75, 3.05) is 5.75 Å². The van der Waals surface area contributed by atoms with E-state index in [1.165, 1.54) is 11.8 Å². The number of hydrogen-bond acceptors (Lipinski definition) is 3. The molecule has 0 aromatic heterocycles. The first-order chi connectivity index (χ1) is 14.2. The summed E-state index contributed by atoms with van der Waals surface area (Å²) in [5.41, 5.74) is 1.70. The van der Waals surface area contributed by atoms with Gasteiger partial charge in [0, 0.05) is 33.4 Å². The van der Waals surface area contributed by atoms with Crippen molar-refractivity contribution < 1.29 is 9.59 Å². The number of hydrogen-bond donors (Lipinski definition) is 1. The van der Waals surface area contributed by atoms with Gasteiger partial charge in [0.15, 0.2) is 0 Å². The fraction of sp³-hybridized carbons (Fsp3) is 0.364. The number of thioether (sulfide) groups is 1. The predicted octanol–water partition coefficient (Wildman–Crippen LogP) is 5.82. The summed E-state index contributed by atoms with van der Waals surface area (Å²) in [6, 6.07) is 12.0. The van der Waals surface area contributed by atoms with Gasteiger partial charge in [-0.2, -0.15) is 0 Å². The van der Waals surface area contributed by atoms with E-state index in [0.29, 0.717) is 20.8 Å². The zero-order chi connectivity index (χ0) is 22.3. The van der Waals surface area contributed by atoms with Gasteiger partial charge in [-0.3, -0.25) is 9.59 Å². The zero-order valence-corrected chi connectivity index (χ0v) is 20.2. The number of nitrogens with one attached hydrogen (secondary N) is 1. The van der Waals surface area contributed by atoms with Crippen LogP contribution in [0.5, 0.6) is 0 Å². The van der Waals surface area contributed by atoms with Crippen molar-refractivity contribution in [3.05, 3.63) is 68.7 Å². The first-order valence-electron chi connectivity index (χ1n) is 9.54. The van der Waals surface area contributed by atoms with Gasteiger partial charge in [0.25, 0.3) is 0 Å². The number of carbonyl (C=O) groups is 2. The molecule has 8 heteroatoms. The minimum Gasteiger partial charge on any atom is -0.352 e. The smallest absolute Gasteiger partial charge is 0.242 e. The van der Waals surface area contributed by atoms with E-state index in [1.54, 1.807) is 30.0 Å². The monoisotopic (exact) mass is 486 g/mol. The van der Waals surface area contributed by atoms with Gasteiger partial charge in [0.2, 0.25) is 11.8 Å². The Hall–Kier alpha value is -1.40. The van der Waals surface area contributed by atoms with Crippen LogP contribution in [0.3, 0.4) is 0 Å². The van der Waals surface area contributed by atoms with Crippen LogP contribution in [-0.4, -0.2) is 34.6 Å². The molecule has 0 saturated carbocycles. The van der Waals surface area contributed by atoms with Gasteiger partial charge >= 0.3 is 0 Å². The van der Waals surface area contributed by atoms with Crippen molar-refractivity contribution in [2.24, 2.45) is 0 Å². The summed E-state index contributed by atoms with van der Waals surface area (Å²) < 4.78 is 0. The Balaban J connectivity index is 2.10. The third-order valence-electron chi connectivity index (χ3n) is 4.39. The Morgan fingerprint density at radius 3 is 2.33 bits per heavy atom. The van der Waals surface area contributed by atoms with Crippen LogP contribution in [0.1, 0.15) is 31.9 Å². The lowest BCUT2D eigenvalue weighted by Gasteiger charge is -2.29. The molecule has 162 valence electrons. The van der Waals surface area contributed by atoms with Crippen molar-refractivity contribution in [3.63, 3.8) is 0 Å². The second-order valence-electron chi connectivity index (χ2n) is 7.18. The molecule has 1 N–H and O–H groups in total. The molecule has 0 bridgehead atoms. The van der Waals surface area contributed by atoms with Crippen LogP contribution in [-0.2, 0) is 21.9 Å². The summed E-state index contributed by atoms with van der Waals surface area (Å²) in [6.07, 6.45) is 0. The SMILES string of the molecule is CC(C)NC(=O)[C@@H](C)N(Cc1ccccc1Cl)C(=O)CSCc1ccc(Cl)cc1Cl. The van der Waals surface area contributed by atoms with E-state index in [2.05, 4.69) is 5.32 Å². The average Bonchev–Trinajstić information content (AvgIpc) is 2.68. The average molecular weight is 488 g/mol. The number of rotatable bonds is 9. The Bertz CT molecular complexity index is 892. The van der Waals surface area contributed by atoms with E-state index in [0.717, 1.165) is 11.1 Å². The first kappa shape index (κ1) is 24.9. The topological polar surface area (TPSA) is 49.4 Å². The maximum Gasteiger partial charge on any atom is 0.242 e. The molecule has 30 heavy (non-hydrogen) atoms. The minimum atomic E-state index is -0.629. The molecule has 2 amide bonds. The number of halogens is 3. The Morgan fingerprint density at radius 1 is 1.00 bits per heavy atom. The molecule has 4 nitrogen and oxygen atoms in total. The Morgan fingerprint density at radius 2 is 1.70 bits per heavy atom. The maximum atomic E-state index is 13.0. The van der Waals surface area contributed by atoms with Crippen molar-refractivity contribution in [1.82, 2.24) is 10.2 Å². The quantitative estimate of drug-likeness (QED) is 0.485. The number of amides is 2. The van der Waals surface area contributed by atoms with E-state index < -0.39 is 6.04 Å². The van der Waals surface area contributed by atoms with E-state index in [4.69, 9.17) is 34.8 Å². The van der Waals surface area contributed by atoms with Crippen molar-refractivity contribution in [3.8, 4) is 0 Å². The van der Waals surface area contributed by atoms with Crippen LogP contribution < -0.4 is 5.32 Å². The molecule has 0 saturated heterocycles. The second kappa shape index (κ2) is 11.8. The van der Waals surface area contributed by atoms with E-state index in [1.807, 2.05) is 38.1 Å². The highest BCUT2D eigenvalue weighted by Crippen LogP contribution is 2.25. The summed E-state index contributed by atoms with van der Waals surface area (Å²) in [7, 11) is 0. The molecule has 1 atom stereocenters.